The third-order valence-corrected chi connectivity index (χ3v) is 3.82. The molecule has 0 N–H and O–H groups in total. The van der Waals surface area contributed by atoms with E-state index in [-0.39, 0.29) is 6.04 Å². The van der Waals surface area contributed by atoms with Crippen molar-refractivity contribution in [2.75, 3.05) is 0 Å². The lowest BCUT2D eigenvalue weighted by Crippen LogP contribution is -2.19. The number of aliphatic imine (C=N–C) groups is 1. The fourth-order valence-electron chi connectivity index (χ4n) is 1.63. The highest BCUT2D eigenvalue weighted by molar-refractivity contribution is 14.1. The Labute approximate surface area is 87.0 Å². The van der Waals surface area contributed by atoms with E-state index >= 15 is 0 Å². The Morgan fingerprint density at radius 2 is 1.83 bits per heavy atom. The lowest BCUT2D eigenvalue weighted by Gasteiger charge is -2.19. The van der Waals surface area contributed by atoms with Gasteiger partial charge in [0.15, 0.2) is 0 Å². The van der Waals surface area contributed by atoms with E-state index in [1.165, 1.54) is 32.1 Å². The van der Waals surface area contributed by atoms with Gasteiger partial charge in [0.05, 0.1) is 6.04 Å². The summed E-state index contributed by atoms with van der Waals surface area (Å²) in [6, 6.07) is 0.239. The topological polar surface area (TPSA) is 29.4 Å². The molecule has 0 aromatic rings. The van der Waals surface area contributed by atoms with Crippen LogP contribution in [-0.4, -0.2) is 16.0 Å². The number of nitrogens with zero attached hydrogens (tertiary/aromatic N) is 1. The maximum Gasteiger partial charge on any atom is 0.235 e. The summed E-state index contributed by atoms with van der Waals surface area (Å²) in [5.41, 5.74) is 0. The Morgan fingerprint density at radius 3 is 2.50 bits per heavy atom. The molecule has 0 saturated heterocycles. The van der Waals surface area contributed by atoms with Crippen LogP contribution < -0.4 is 0 Å². The normalized spacial score (nSPS) is 31.4. The summed E-state index contributed by atoms with van der Waals surface area (Å²) in [7, 11) is 0. The van der Waals surface area contributed by atoms with Gasteiger partial charge in [-0.05, 0) is 12.8 Å². The smallest absolute Gasteiger partial charge is 0.211 e. The molecule has 0 aromatic carbocycles. The van der Waals surface area contributed by atoms with Crippen LogP contribution in [0.5, 0.6) is 0 Å². The predicted octanol–water partition coefficient (Wildman–Crippen LogP) is 2.85. The van der Waals surface area contributed by atoms with E-state index in [2.05, 4.69) is 27.6 Å². The summed E-state index contributed by atoms with van der Waals surface area (Å²) in [5, 5.41) is 0. The van der Waals surface area contributed by atoms with Crippen molar-refractivity contribution in [1.82, 2.24) is 0 Å². The summed E-state index contributed by atoms with van der Waals surface area (Å²) in [5.74, 6) is 0. The van der Waals surface area contributed by atoms with E-state index in [0.29, 0.717) is 3.92 Å². The maximum absolute atomic E-state index is 10.1. The second-order valence-corrected chi connectivity index (χ2v) is 4.90. The highest BCUT2D eigenvalue weighted by atomic mass is 127. The first kappa shape index (κ1) is 10.2. The molecule has 0 bridgehead atoms. The minimum absolute atomic E-state index is 0.239. The van der Waals surface area contributed by atoms with Crippen LogP contribution in [0.1, 0.15) is 38.5 Å². The predicted molar refractivity (Wildman–Crippen MR) is 57.4 cm³/mol. The number of hydrogen-bond acceptors (Lipinski definition) is 2. The van der Waals surface area contributed by atoms with Crippen molar-refractivity contribution in [1.29, 1.82) is 0 Å². The van der Waals surface area contributed by atoms with Gasteiger partial charge in [-0.15, -0.1) is 0 Å². The number of halogens is 1. The highest BCUT2D eigenvalue weighted by Crippen LogP contribution is 2.25. The molecule has 68 valence electrons. The second-order valence-electron chi connectivity index (χ2n) is 3.30. The fraction of sp³-hybridized carbons (Fsp3) is 0.889. The van der Waals surface area contributed by atoms with Crippen LogP contribution in [0, 0.1) is 0 Å². The molecule has 2 nitrogen and oxygen atoms in total. The molecule has 0 aliphatic heterocycles. The molecule has 2 atom stereocenters. The molecular weight excluding hydrogens is 265 g/mol. The van der Waals surface area contributed by atoms with Gasteiger partial charge in [-0.3, -0.25) is 0 Å². The van der Waals surface area contributed by atoms with Gasteiger partial charge >= 0.3 is 0 Å². The van der Waals surface area contributed by atoms with Crippen molar-refractivity contribution < 1.29 is 4.79 Å². The van der Waals surface area contributed by atoms with Crippen LogP contribution in [0.4, 0.5) is 0 Å². The zero-order chi connectivity index (χ0) is 8.81. The molecule has 1 rings (SSSR count). The lowest BCUT2D eigenvalue weighted by atomic mass is 9.97. The average molecular weight is 279 g/mol. The van der Waals surface area contributed by atoms with Crippen LogP contribution in [-0.2, 0) is 4.79 Å². The molecule has 1 fully saturated rings. The van der Waals surface area contributed by atoms with Crippen LogP contribution in [0.15, 0.2) is 4.99 Å². The van der Waals surface area contributed by atoms with Crippen LogP contribution >= 0.6 is 22.6 Å². The molecular formula is C9H14INO. The second kappa shape index (κ2) is 5.70. The van der Waals surface area contributed by atoms with Gasteiger partial charge in [-0.2, -0.15) is 0 Å². The summed E-state index contributed by atoms with van der Waals surface area (Å²) >= 11 is 2.41. The zero-order valence-corrected chi connectivity index (χ0v) is 9.29. The number of alkyl halides is 1. The molecule has 0 aromatic heterocycles. The highest BCUT2D eigenvalue weighted by Gasteiger charge is 2.18. The van der Waals surface area contributed by atoms with Gasteiger partial charge < -0.3 is 0 Å². The minimum Gasteiger partial charge on any atom is -0.211 e. The molecule has 0 radical (unpaired) electrons. The summed E-state index contributed by atoms with van der Waals surface area (Å²) in [6.07, 6.45) is 9.12. The van der Waals surface area contributed by atoms with Crippen molar-refractivity contribution >= 4 is 28.7 Å². The number of carbonyl (C=O) groups excluding carboxylic acids is 1. The number of isocyanates is 1. The van der Waals surface area contributed by atoms with Gasteiger partial charge in [0, 0.05) is 3.92 Å². The van der Waals surface area contributed by atoms with Crippen molar-refractivity contribution in [3.63, 3.8) is 0 Å². The van der Waals surface area contributed by atoms with Gasteiger partial charge in [0.25, 0.3) is 0 Å². The third kappa shape index (κ3) is 3.23. The van der Waals surface area contributed by atoms with E-state index in [1.54, 1.807) is 6.08 Å². The van der Waals surface area contributed by atoms with Crippen molar-refractivity contribution in [2.45, 2.75) is 48.5 Å². The number of hydrogen-bond donors (Lipinski definition) is 0. The van der Waals surface area contributed by atoms with Gasteiger partial charge in [0.2, 0.25) is 6.08 Å². The Hall–Kier alpha value is 0.110. The molecule has 1 saturated carbocycles. The summed E-state index contributed by atoms with van der Waals surface area (Å²) in [4.78, 5) is 14.0. The fourth-order valence-corrected chi connectivity index (χ4v) is 2.59. The Bertz CT molecular complexity index is 177. The van der Waals surface area contributed by atoms with E-state index in [9.17, 15) is 4.79 Å². The maximum atomic E-state index is 10.1. The van der Waals surface area contributed by atoms with Crippen LogP contribution in [0.25, 0.3) is 0 Å². The van der Waals surface area contributed by atoms with Gasteiger partial charge in [0.1, 0.15) is 0 Å². The molecule has 3 heteroatoms. The third-order valence-electron chi connectivity index (χ3n) is 2.37. The van der Waals surface area contributed by atoms with Gasteiger partial charge in [-0.1, -0.05) is 48.3 Å². The Balaban J connectivity index is 2.48. The van der Waals surface area contributed by atoms with E-state index in [4.69, 9.17) is 0 Å². The first-order valence-corrected chi connectivity index (χ1v) is 5.80. The zero-order valence-electron chi connectivity index (χ0n) is 7.13. The van der Waals surface area contributed by atoms with Crippen LogP contribution in [0.3, 0.4) is 0 Å². The SMILES string of the molecule is O=C=N[C@H]1CCCCCC[C@@H]1I. The van der Waals surface area contributed by atoms with E-state index < -0.39 is 0 Å². The molecule has 12 heavy (non-hydrogen) atoms. The first-order valence-electron chi connectivity index (χ1n) is 4.55. The minimum atomic E-state index is 0.239. The van der Waals surface area contributed by atoms with Crippen LogP contribution in [0.2, 0.25) is 0 Å². The van der Waals surface area contributed by atoms with Crippen molar-refractivity contribution in [2.24, 2.45) is 4.99 Å². The number of rotatable bonds is 1. The standard InChI is InChI=1S/C9H14INO/c10-8-5-3-1-2-4-6-9(8)11-7-12/h8-9H,1-6H2/t8-,9-/m0/s1. The van der Waals surface area contributed by atoms with Crippen molar-refractivity contribution in [3.8, 4) is 0 Å². The lowest BCUT2D eigenvalue weighted by molar-refractivity contribution is 0.469. The molecule has 1 aliphatic carbocycles. The summed E-state index contributed by atoms with van der Waals surface area (Å²) in [6.45, 7) is 0. The average Bonchev–Trinajstić information content (AvgIpc) is 2.05. The van der Waals surface area contributed by atoms with Gasteiger partial charge in [-0.25, -0.2) is 9.79 Å². The monoisotopic (exact) mass is 279 g/mol. The van der Waals surface area contributed by atoms with Crippen molar-refractivity contribution in [3.05, 3.63) is 0 Å². The molecule has 0 spiro atoms. The van der Waals surface area contributed by atoms with E-state index in [1.807, 2.05) is 0 Å². The van der Waals surface area contributed by atoms with E-state index in [0.717, 1.165) is 6.42 Å². The Morgan fingerprint density at radius 1 is 1.17 bits per heavy atom. The quantitative estimate of drug-likeness (QED) is 0.314. The molecule has 0 amide bonds. The molecule has 1 aliphatic rings. The molecule has 0 unspecified atom stereocenters. The first-order chi connectivity index (χ1) is 5.84. The Kier molecular flexibility index (Phi) is 4.84. The largest absolute Gasteiger partial charge is 0.235 e. The summed E-state index contributed by atoms with van der Waals surface area (Å²) < 4.78 is 0.546. The molecule has 0 heterocycles.